The molecule has 0 spiro atoms. The SMILES string of the molecule is CC(C)NC(=NCC(=O)N(C)C)NC1CCN(C2CC2)CC1. The van der Waals surface area contributed by atoms with Gasteiger partial charge in [0.05, 0.1) is 0 Å². The summed E-state index contributed by atoms with van der Waals surface area (Å²) in [5.41, 5.74) is 0. The van der Waals surface area contributed by atoms with Crippen LogP contribution in [-0.4, -0.2) is 73.5 Å². The van der Waals surface area contributed by atoms with Gasteiger partial charge in [-0.2, -0.15) is 0 Å². The summed E-state index contributed by atoms with van der Waals surface area (Å²) in [6.45, 7) is 6.71. The van der Waals surface area contributed by atoms with E-state index in [2.05, 4.69) is 34.4 Å². The highest BCUT2D eigenvalue weighted by Crippen LogP contribution is 2.29. The summed E-state index contributed by atoms with van der Waals surface area (Å²) in [5, 5.41) is 6.83. The molecule has 2 aliphatic rings. The molecule has 22 heavy (non-hydrogen) atoms. The molecule has 1 saturated carbocycles. The molecule has 0 aromatic carbocycles. The number of nitrogens with zero attached hydrogens (tertiary/aromatic N) is 3. The number of piperidine rings is 1. The van der Waals surface area contributed by atoms with Gasteiger partial charge in [0.25, 0.3) is 0 Å². The van der Waals surface area contributed by atoms with Crippen molar-refractivity contribution in [3.63, 3.8) is 0 Å². The maximum atomic E-state index is 11.7. The van der Waals surface area contributed by atoms with Crippen LogP contribution in [-0.2, 0) is 4.79 Å². The molecule has 6 nitrogen and oxygen atoms in total. The standard InChI is InChI=1S/C16H31N5O/c1-12(2)18-16(17-11-15(22)20(3)4)19-13-7-9-21(10-8-13)14-5-6-14/h12-14H,5-11H2,1-4H3,(H2,17,18,19). The van der Waals surface area contributed by atoms with Gasteiger partial charge in [0.2, 0.25) is 5.91 Å². The van der Waals surface area contributed by atoms with E-state index in [1.807, 2.05) is 0 Å². The number of likely N-dealkylation sites (N-methyl/N-ethyl adjacent to an activating group) is 1. The number of rotatable bonds is 5. The van der Waals surface area contributed by atoms with Crippen LogP contribution in [0.1, 0.15) is 39.5 Å². The van der Waals surface area contributed by atoms with E-state index in [-0.39, 0.29) is 12.5 Å². The molecule has 1 saturated heterocycles. The van der Waals surface area contributed by atoms with Crippen LogP contribution in [0.4, 0.5) is 0 Å². The van der Waals surface area contributed by atoms with Gasteiger partial charge in [0.1, 0.15) is 6.54 Å². The van der Waals surface area contributed by atoms with Crippen LogP contribution in [0.2, 0.25) is 0 Å². The molecule has 0 radical (unpaired) electrons. The molecule has 126 valence electrons. The molecule has 0 atom stereocenters. The van der Waals surface area contributed by atoms with Crippen LogP contribution >= 0.6 is 0 Å². The van der Waals surface area contributed by atoms with Crippen molar-refractivity contribution in [3.05, 3.63) is 0 Å². The lowest BCUT2D eigenvalue weighted by atomic mass is 10.1. The number of aliphatic imine (C=N–C) groups is 1. The fourth-order valence-electron chi connectivity index (χ4n) is 2.74. The molecule has 1 amide bonds. The second-order valence-corrected chi connectivity index (χ2v) is 6.94. The third kappa shape index (κ3) is 5.48. The summed E-state index contributed by atoms with van der Waals surface area (Å²) in [4.78, 5) is 20.3. The average Bonchev–Trinajstić information content (AvgIpc) is 3.29. The zero-order valence-electron chi connectivity index (χ0n) is 14.4. The van der Waals surface area contributed by atoms with E-state index < -0.39 is 0 Å². The van der Waals surface area contributed by atoms with Crippen molar-refractivity contribution in [2.75, 3.05) is 33.7 Å². The van der Waals surface area contributed by atoms with Crippen molar-refractivity contribution >= 4 is 11.9 Å². The van der Waals surface area contributed by atoms with E-state index in [1.165, 1.54) is 25.9 Å². The molecule has 2 N–H and O–H groups in total. The van der Waals surface area contributed by atoms with Crippen molar-refractivity contribution in [2.24, 2.45) is 4.99 Å². The van der Waals surface area contributed by atoms with Crippen molar-refractivity contribution < 1.29 is 4.79 Å². The van der Waals surface area contributed by atoms with E-state index >= 15 is 0 Å². The number of guanidine groups is 1. The lowest BCUT2D eigenvalue weighted by Crippen LogP contribution is -2.50. The van der Waals surface area contributed by atoms with Gasteiger partial charge >= 0.3 is 0 Å². The third-order valence-corrected chi connectivity index (χ3v) is 4.23. The molecule has 2 fully saturated rings. The zero-order valence-corrected chi connectivity index (χ0v) is 14.4. The Balaban J connectivity index is 1.83. The first kappa shape index (κ1) is 17.1. The quantitative estimate of drug-likeness (QED) is 0.578. The van der Waals surface area contributed by atoms with Crippen LogP contribution in [0.15, 0.2) is 4.99 Å². The van der Waals surface area contributed by atoms with Crippen LogP contribution < -0.4 is 10.6 Å². The third-order valence-electron chi connectivity index (χ3n) is 4.23. The Morgan fingerprint density at radius 2 is 1.86 bits per heavy atom. The fourth-order valence-corrected chi connectivity index (χ4v) is 2.74. The van der Waals surface area contributed by atoms with Crippen molar-refractivity contribution in [1.29, 1.82) is 0 Å². The number of amides is 1. The zero-order chi connectivity index (χ0) is 16.1. The molecule has 1 heterocycles. The van der Waals surface area contributed by atoms with E-state index in [1.54, 1.807) is 19.0 Å². The van der Waals surface area contributed by atoms with Gasteiger partial charge in [0.15, 0.2) is 5.96 Å². The van der Waals surface area contributed by atoms with Crippen LogP contribution in [0.25, 0.3) is 0 Å². The number of likely N-dealkylation sites (tertiary alicyclic amines) is 1. The van der Waals surface area contributed by atoms with E-state index in [0.717, 1.165) is 24.8 Å². The minimum absolute atomic E-state index is 0.0217. The molecule has 1 aliphatic heterocycles. The average molecular weight is 309 g/mol. The Morgan fingerprint density at radius 1 is 1.23 bits per heavy atom. The number of carbonyl (C=O) groups excluding carboxylic acids is 1. The Morgan fingerprint density at radius 3 is 2.36 bits per heavy atom. The van der Waals surface area contributed by atoms with E-state index in [4.69, 9.17) is 0 Å². The van der Waals surface area contributed by atoms with Gasteiger partial charge in [-0.3, -0.25) is 4.79 Å². The monoisotopic (exact) mass is 309 g/mol. The summed E-state index contributed by atoms with van der Waals surface area (Å²) < 4.78 is 0. The van der Waals surface area contributed by atoms with Gasteiger partial charge in [-0.25, -0.2) is 4.99 Å². The molecule has 0 bridgehead atoms. The van der Waals surface area contributed by atoms with Crippen LogP contribution in [0, 0.1) is 0 Å². The lowest BCUT2D eigenvalue weighted by molar-refractivity contribution is -0.127. The molecule has 1 aliphatic carbocycles. The summed E-state index contributed by atoms with van der Waals surface area (Å²) in [6, 6.07) is 1.61. The predicted octanol–water partition coefficient (Wildman–Crippen LogP) is 0.645. The van der Waals surface area contributed by atoms with Crippen molar-refractivity contribution in [3.8, 4) is 0 Å². The Bertz CT molecular complexity index is 395. The summed E-state index contributed by atoms with van der Waals surface area (Å²) >= 11 is 0. The van der Waals surface area contributed by atoms with Crippen LogP contribution in [0.5, 0.6) is 0 Å². The van der Waals surface area contributed by atoms with Gasteiger partial charge < -0.3 is 20.4 Å². The molecular formula is C16H31N5O. The molecule has 0 aromatic rings. The highest BCUT2D eigenvalue weighted by atomic mass is 16.2. The molecule has 2 rings (SSSR count). The molecular weight excluding hydrogens is 278 g/mol. The van der Waals surface area contributed by atoms with Gasteiger partial charge in [-0.1, -0.05) is 0 Å². The largest absolute Gasteiger partial charge is 0.354 e. The van der Waals surface area contributed by atoms with Gasteiger partial charge in [0, 0.05) is 45.3 Å². The lowest BCUT2D eigenvalue weighted by Gasteiger charge is -2.33. The minimum Gasteiger partial charge on any atom is -0.354 e. The fraction of sp³-hybridized carbons (Fsp3) is 0.875. The number of hydrogen-bond acceptors (Lipinski definition) is 3. The smallest absolute Gasteiger partial charge is 0.243 e. The predicted molar refractivity (Wildman–Crippen MR) is 90.0 cm³/mol. The first-order chi connectivity index (χ1) is 10.5. The van der Waals surface area contributed by atoms with Gasteiger partial charge in [-0.15, -0.1) is 0 Å². The summed E-state index contributed by atoms with van der Waals surface area (Å²) in [5.74, 6) is 0.781. The second-order valence-electron chi connectivity index (χ2n) is 6.94. The Kier molecular flexibility index (Phi) is 6.06. The number of hydrogen-bond donors (Lipinski definition) is 2. The minimum atomic E-state index is 0.0217. The maximum absolute atomic E-state index is 11.7. The summed E-state index contributed by atoms with van der Waals surface area (Å²) in [6.07, 6.45) is 5.06. The molecule has 6 heteroatoms. The highest BCUT2D eigenvalue weighted by molar-refractivity contribution is 5.85. The maximum Gasteiger partial charge on any atom is 0.243 e. The first-order valence-corrected chi connectivity index (χ1v) is 8.47. The Hall–Kier alpha value is -1.30. The molecule has 0 unspecified atom stereocenters. The number of carbonyl (C=O) groups is 1. The number of nitrogens with one attached hydrogen (secondary N) is 2. The van der Waals surface area contributed by atoms with Gasteiger partial charge in [-0.05, 0) is 39.5 Å². The molecule has 0 aromatic heterocycles. The van der Waals surface area contributed by atoms with Crippen molar-refractivity contribution in [2.45, 2.75) is 57.7 Å². The summed E-state index contributed by atoms with van der Waals surface area (Å²) in [7, 11) is 3.52. The van der Waals surface area contributed by atoms with E-state index in [9.17, 15) is 4.79 Å². The van der Waals surface area contributed by atoms with Crippen LogP contribution in [0.3, 0.4) is 0 Å². The second kappa shape index (κ2) is 7.81. The van der Waals surface area contributed by atoms with E-state index in [0.29, 0.717) is 12.1 Å². The van der Waals surface area contributed by atoms with Crippen molar-refractivity contribution in [1.82, 2.24) is 20.4 Å². The first-order valence-electron chi connectivity index (χ1n) is 8.47. The topological polar surface area (TPSA) is 60.0 Å². The normalized spacial score (nSPS) is 21.0. The Labute approximate surface area is 134 Å². The highest BCUT2D eigenvalue weighted by Gasteiger charge is 2.31.